The zero-order valence-electron chi connectivity index (χ0n) is 15.7. The molecule has 0 atom stereocenters. The molecule has 132 valence electrons. The number of hydrogen-bond acceptors (Lipinski definition) is 2. The Hall–Kier alpha value is -1.06. The summed E-state index contributed by atoms with van der Waals surface area (Å²) < 4.78 is 0. The first-order valence-corrected chi connectivity index (χ1v) is 9.20. The van der Waals surface area contributed by atoms with Crippen LogP contribution in [0.15, 0.2) is 0 Å². The van der Waals surface area contributed by atoms with E-state index in [-0.39, 0.29) is 16.7 Å². The van der Waals surface area contributed by atoms with Gasteiger partial charge in [-0.2, -0.15) is 0 Å². The van der Waals surface area contributed by atoms with Crippen molar-refractivity contribution >= 4 is 11.8 Å². The molecule has 2 amide bonds. The summed E-state index contributed by atoms with van der Waals surface area (Å²) in [6, 6.07) is 0. The molecule has 0 spiro atoms. The van der Waals surface area contributed by atoms with E-state index in [2.05, 4.69) is 13.8 Å². The van der Waals surface area contributed by atoms with E-state index in [0.29, 0.717) is 11.8 Å². The van der Waals surface area contributed by atoms with E-state index in [4.69, 9.17) is 0 Å². The quantitative estimate of drug-likeness (QED) is 0.800. The molecule has 4 heteroatoms. The van der Waals surface area contributed by atoms with Crippen LogP contribution in [0, 0.1) is 16.7 Å². The van der Waals surface area contributed by atoms with E-state index in [1.807, 2.05) is 30.6 Å². The molecule has 2 aliphatic heterocycles. The Morgan fingerprint density at radius 2 is 1.30 bits per heavy atom. The number of carbonyl (C=O) groups excluding carboxylic acids is 2. The van der Waals surface area contributed by atoms with Crippen molar-refractivity contribution in [1.29, 1.82) is 0 Å². The van der Waals surface area contributed by atoms with Crippen molar-refractivity contribution in [3.8, 4) is 0 Å². The molecule has 2 fully saturated rings. The molecule has 0 aromatic carbocycles. The maximum absolute atomic E-state index is 12.7. The Morgan fingerprint density at radius 3 is 1.78 bits per heavy atom. The summed E-state index contributed by atoms with van der Waals surface area (Å²) >= 11 is 0. The maximum atomic E-state index is 12.7. The van der Waals surface area contributed by atoms with E-state index in [1.54, 1.807) is 0 Å². The first kappa shape index (κ1) is 18.3. The molecule has 0 radical (unpaired) electrons. The van der Waals surface area contributed by atoms with Crippen LogP contribution >= 0.6 is 0 Å². The standard InChI is InChI=1S/C19H34N2O2/c1-18(2,3)16(22)21-12-8-15(9-13-21)14-19(4,5)17(23)20-10-6-7-11-20/h15H,6-14H2,1-5H3. The fraction of sp³-hybridized carbons (Fsp3) is 0.895. The smallest absolute Gasteiger partial charge is 0.228 e. The Bertz CT molecular complexity index is 437. The van der Waals surface area contributed by atoms with Crippen molar-refractivity contribution in [3.63, 3.8) is 0 Å². The van der Waals surface area contributed by atoms with Crippen LogP contribution in [0.4, 0.5) is 0 Å². The van der Waals surface area contributed by atoms with Gasteiger partial charge >= 0.3 is 0 Å². The largest absolute Gasteiger partial charge is 0.342 e. The van der Waals surface area contributed by atoms with Crippen LogP contribution < -0.4 is 0 Å². The zero-order valence-corrected chi connectivity index (χ0v) is 15.7. The summed E-state index contributed by atoms with van der Waals surface area (Å²) in [5.41, 5.74) is -0.566. The predicted octanol–water partition coefficient (Wildman–Crippen LogP) is 3.31. The molecule has 2 rings (SSSR count). The molecule has 0 unspecified atom stereocenters. The van der Waals surface area contributed by atoms with Crippen molar-refractivity contribution in [3.05, 3.63) is 0 Å². The van der Waals surface area contributed by atoms with E-state index < -0.39 is 0 Å². The summed E-state index contributed by atoms with van der Waals surface area (Å²) in [5.74, 6) is 1.13. The van der Waals surface area contributed by atoms with Crippen LogP contribution in [0.1, 0.15) is 66.7 Å². The third kappa shape index (κ3) is 4.48. The lowest BCUT2D eigenvalue weighted by Crippen LogP contribution is -2.45. The van der Waals surface area contributed by atoms with Crippen LogP contribution in [-0.2, 0) is 9.59 Å². The Labute approximate surface area is 141 Å². The van der Waals surface area contributed by atoms with Gasteiger partial charge in [0.15, 0.2) is 0 Å². The highest BCUT2D eigenvalue weighted by Gasteiger charge is 2.37. The minimum atomic E-state index is -0.294. The third-order valence-electron chi connectivity index (χ3n) is 5.31. The summed E-state index contributed by atoms with van der Waals surface area (Å²) in [6.07, 6.45) is 5.29. The van der Waals surface area contributed by atoms with Gasteiger partial charge in [-0.3, -0.25) is 9.59 Å². The molecular weight excluding hydrogens is 288 g/mol. The number of likely N-dealkylation sites (tertiary alicyclic amines) is 2. The Morgan fingerprint density at radius 1 is 0.826 bits per heavy atom. The van der Waals surface area contributed by atoms with Crippen LogP contribution in [0.2, 0.25) is 0 Å². The van der Waals surface area contributed by atoms with Gasteiger partial charge in [-0.25, -0.2) is 0 Å². The predicted molar refractivity (Wildman–Crippen MR) is 93.0 cm³/mol. The molecule has 2 saturated heterocycles. The van der Waals surface area contributed by atoms with Gasteiger partial charge in [0.1, 0.15) is 0 Å². The molecule has 4 nitrogen and oxygen atoms in total. The summed E-state index contributed by atoms with van der Waals surface area (Å²) in [7, 11) is 0. The van der Waals surface area contributed by atoms with E-state index in [9.17, 15) is 9.59 Å². The highest BCUT2D eigenvalue weighted by atomic mass is 16.2. The second-order valence-electron chi connectivity index (χ2n) is 9.07. The number of rotatable bonds is 3. The number of piperidine rings is 1. The van der Waals surface area contributed by atoms with Gasteiger partial charge in [0.05, 0.1) is 0 Å². The van der Waals surface area contributed by atoms with Gasteiger partial charge in [0.25, 0.3) is 0 Å². The maximum Gasteiger partial charge on any atom is 0.228 e. The van der Waals surface area contributed by atoms with E-state index in [0.717, 1.165) is 58.3 Å². The summed E-state index contributed by atoms with van der Waals surface area (Å²) in [4.78, 5) is 29.1. The fourth-order valence-corrected chi connectivity index (χ4v) is 3.97. The lowest BCUT2D eigenvalue weighted by atomic mass is 9.77. The Kier molecular flexibility index (Phi) is 5.42. The highest BCUT2D eigenvalue weighted by Crippen LogP contribution is 2.34. The first-order chi connectivity index (χ1) is 10.6. The van der Waals surface area contributed by atoms with E-state index in [1.165, 1.54) is 0 Å². The number of hydrogen-bond donors (Lipinski definition) is 0. The van der Waals surface area contributed by atoms with Crippen molar-refractivity contribution < 1.29 is 9.59 Å². The van der Waals surface area contributed by atoms with Crippen LogP contribution in [-0.4, -0.2) is 47.8 Å². The molecule has 23 heavy (non-hydrogen) atoms. The Balaban J connectivity index is 1.85. The monoisotopic (exact) mass is 322 g/mol. The molecule has 2 heterocycles. The van der Waals surface area contributed by atoms with Gasteiger partial charge < -0.3 is 9.80 Å². The first-order valence-electron chi connectivity index (χ1n) is 9.20. The molecule has 0 aliphatic carbocycles. The molecular formula is C19H34N2O2. The fourth-order valence-electron chi connectivity index (χ4n) is 3.97. The molecule has 0 aromatic heterocycles. The van der Waals surface area contributed by atoms with Crippen molar-refractivity contribution in [2.24, 2.45) is 16.7 Å². The van der Waals surface area contributed by atoms with Gasteiger partial charge in [-0.15, -0.1) is 0 Å². The topological polar surface area (TPSA) is 40.6 Å². The average molecular weight is 322 g/mol. The average Bonchev–Trinajstić information content (AvgIpc) is 2.99. The molecule has 0 bridgehead atoms. The van der Waals surface area contributed by atoms with Crippen molar-refractivity contribution in [2.45, 2.75) is 66.7 Å². The van der Waals surface area contributed by atoms with Gasteiger partial charge in [0.2, 0.25) is 11.8 Å². The normalized spacial score (nSPS) is 20.9. The minimum absolute atomic E-state index is 0.253. The van der Waals surface area contributed by atoms with Crippen LogP contribution in [0.5, 0.6) is 0 Å². The molecule has 2 aliphatic rings. The second kappa shape index (κ2) is 6.82. The van der Waals surface area contributed by atoms with E-state index >= 15 is 0 Å². The second-order valence-corrected chi connectivity index (χ2v) is 9.07. The summed E-state index contributed by atoms with van der Waals surface area (Å²) in [5, 5.41) is 0. The SMILES string of the molecule is CC(C)(C)C(=O)N1CCC(CC(C)(C)C(=O)N2CCCC2)CC1. The lowest BCUT2D eigenvalue weighted by Gasteiger charge is -2.38. The summed E-state index contributed by atoms with van der Waals surface area (Å²) in [6.45, 7) is 13.7. The third-order valence-corrected chi connectivity index (χ3v) is 5.31. The van der Waals surface area contributed by atoms with Gasteiger partial charge in [-0.1, -0.05) is 34.6 Å². The molecule has 0 aromatic rings. The number of carbonyl (C=O) groups is 2. The lowest BCUT2D eigenvalue weighted by molar-refractivity contribution is -0.143. The highest BCUT2D eigenvalue weighted by molar-refractivity contribution is 5.82. The van der Waals surface area contributed by atoms with Crippen molar-refractivity contribution in [2.75, 3.05) is 26.2 Å². The van der Waals surface area contributed by atoms with Crippen LogP contribution in [0.25, 0.3) is 0 Å². The van der Waals surface area contributed by atoms with Gasteiger partial charge in [-0.05, 0) is 38.0 Å². The number of nitrogens with zero attached hydrogens (tertiary/aromatic N) is 2. The zero-order chi connectivity index (χ0) is 17.3. The molecule has 0 N–H and O–H groups in total. The molecule has 0 saturated carbocycles. The van der Waals surface area contributed by atoms with Crippen molar-refractivity contribution in [1.82, 2.24) is 9.80 Å². The van der Waals surface area contributed by atoms with Crippen LogP contribution in [0.3, 0.4) is 0 Å². The minimum Gasteiger partial charge on any atom is -0.342 e. The van der Waals surface area contributed by atoms with Gasteiger partial charge in [0, 0.05) is 37.0 Å². The number of amides is 2.